The van der Waals surface area contributed by atoms with Gasteiger partial charge in [-0.05, 0) is 30.7 Å². The van der Waals surface area contributed by atoms with Crippen LogP contribution in [0.5, 0.6) is 0 Å². The Morgan fingerprint density at radius 2 is 1.86 bits per heavy atom. The quantitative estimate of drug-likeness (QED) is 0.812. The molecule has 1 N–H and O–H groups in total. The van der Waals surface area contributed by atoms with E-state index in [0.29, 0.717) is 24.7 Å². The van der Waals surface area contributed by atoms with Crippen molar-refractivity contribution >= 4 is 23.2 Å². The van der Waals surface area contributed by atoms with Crippen molar-refractivity contribution in [3.63, 3.8) is 0 Å². The van der Waals surface area contributed by atoms with E-state index in [-0.39, 0.29) is 5.91 Å². The minimum atomic E-state index is -0.139. The third-order valence-corrected chi connectivity index (χ3v) is 3.41. The Bertz CT molecular complexity index is 596. The lowest BCUT2D eigenvalue weighted by atomic mass is 10.1. The predicted molar refractivity (Wildman–Crippen MR) is 85.7 cm³/mol. The fourth-order valence-corrected chi connectivity index (χ4v) is 2.10. The molecule has 0 bridgehead atoms. The molecule has 0 aliphatic heterocycles. The molecule has 21 heavy (non-hydrogen) atoms. The number of hydrogen-bond donors (Lipinski definition) is 1. The predicted octanol–water partition coefficient (Wildman–Crippen LogP) is 4.21. The smallest absolute Gasteiger partial charge is 0.255 e. The van der Waals surface area contributed by atoms with Crippen molar-refractivity contribution in [3.8, 4) is 0 Å². The van der Waals surface area contributed by atoms with Crippen molar-refractivity contribution in [2.24, 2.45) is 0 Å². The number of anilines is 1. The third kappa shape index (κ3) is 4.31. The van der Waals surface area contributed by atoms with E-state index >= 15 is 0 Å². The van der Waals surface area contributed by atoms with Crippen LogP contribution in [0, 0.1) is 0 Å². The summed E-state index contributed by atoms with van der Waals surface area (Å²) < 4.78 is 5.41. The maximum atomic E-state index is 12.3. The normalized spacial score (nSPS) is 10.4. The van der Waals surface area contributed by atoms with Gasteiger partial charge in [-0.3, -0.25) is 4.79 Å². The minimum absolute atomic E-state index is 0.139. The highest BCUT2D eigenvalue weighted by atomic mass is 35.5. The molecule has 0 radical (unpaired) electrons. The van der Waals surface area contributed by atoms with E-state index in [1.807, 2.05) is 43.3 Å². The van der Waals surface area contributed by atoms with Gasteiger partial charge in [0.05, 0.1) is 6.61 Å². The molecule has 0 saturated heterocycles. The van der Waals surface area contributed by atoms with Gasteiger partial charge in [-0.25, -0.2) is 0 Å². The van der Waals surface area contributed by atoms with E-state index in [2.05, 4.69) is 5.32 Å². The average Bonchev–Trinajstić information content (AvgIpc) is 2.54. The number of rotatable bonds is 6. The molecule has 0 atom stereocenters. The summed E-state index contributed by atoms with van der Waals surface area (Å²) in [5, 5.41) is 2.92. The van der Waals surface area contributed by atoms with Gasteiger partial charge < -0.3 is 10.1 Å². The van der Waals surface area contributed by atoms with Crippen molar-refractivity contribution in [2.75, 3.05) is 11.9 Å². The highest BCUT2D eigenvalue weighted by Gasteiger charge is 2.09. The summed E-state index contributed by atoms with van der Waals surface area (Å²) in [6.07, 6.45) is 0. The Hall–Kier alpha value is -1.84. The fraction of sp³-hybridized carbons (Fsp3) is 0.235. The maximum Gasteiger partial charge on any atom is 0.255 e. The number of hydrogen-bond acceptors (Lipinski definition) is 2. The summed E-state index contributed by atoms with van der Waals surface area (Å²) in [5.41, 5.74) is 3.34. The third-order valence-electron chi connectivity index (χ3n) is 3.10. The van der Waals surface area contributed by atoms with Crippen LogP contribution in [0.1, 0.15) is 28.4 Å². The van der Waals surface area contributed by atoms with Crippen LogP contribution >= 0.6 is 11.6 Å². The Labute approximate surface area is 129 Å². The van der Waals surface area contributed by atoms with E-state index in [0.717, 1.165) is 16.8 Å². The van der Waals surface area contributed by atoms with E-state index in [1.54, 1.807) is 12.1 Å². The van der Waals surface area contributed by atoms with E-state index < -0.39 is 0 Å². The molecule has 0 fully saturated rings. The molecule has 2 aromatic carbocycles. The number of alkyl halides is 1. The molecule has 1 amide bonds. The Kier molecular flexibility index (Phi) is 5.78. The summed E-state index contributed by atoms with van der Waals surface area (Å²) in [7, 11) is 0. The van der Waals surface area contributed by atoms with Gasteiger partial charge in [0, 0.05) is 29.3 Å². The zero-order valence-corrected chi connectivity index (χ0v) is 12.7. The number of carbonyl (C=O) groups is 1. The lowest BCUT2D eigenvalue weighted by Gasteiger charge is -2.11. The zero-order valence-electron chi connectivity index (χ0n) is 11.9. The van der Waals surface area contributed by atoms with Crippen molar-refractivity contribution in [2.45, 2.75) is 19.4 Å². The van der Waals surface area contributed by atoms with E-state index in [1.165, 1.54) is 0 Å². The van der Waals surface area contributed by atoms with Gasteiger partial charge >= 0.3 is 0 Å². The van der Waals surface area contributed by atoms with Gasteiger partial charge in [0.1, 0.15) is 0 Å². The molecule has 0 aliphatic rings. The van der Waals surface area contributed by atoms with Crippen molar-refractivity contribution < 1.29 is 9.53 Å². The fourth-order valence-electron chi connectivity index (χ4n) is 1.92. The number of carbonyl (C=O) groups excluding carboxylic acids is 1. The number of ether oxygens (including phenoxy) is 1. The lowest BCUT2D eigenvalue weighted by molar-refractivity contribution is 0.102. The molecule has 4 heteroatoms. The molecular formula is C17H18ClNO2. The first-order chi connectivity index (χ1) is 10.2. The second-order valence-corrected chi connectivity index (χ2v) is 4.85. The van der Waals surface area contributed by atoms with Gasteiger partial charge in [0.2, 0.25) is 0 Å². The second kappa shape index (κ2) is 7.81. The molecule has 0 aliphatic carbocycles. The van der Waals surface area contributed by atoms with Crippen molar-refractivity contribution in [1.29, 1.82) is 0 Å². The van der Waals surface area contributed by atoms with Crippen LogP contribution in [0.2, 0.25) is 0 Å². The molecule has 0 heterocycles. The van der Waals surface area contributed by atoms with Gasteiger partial charge in [-0.1, -0.05) is 30.3 Å². The number of para-hydroxylation sites is 1. The zero-order chi connectivity index (χ0) is 15.1. The highest BCUT2D eigenvalue weighted by Crippen LogP contribution is 2.17. The van der Waals surface area contributed by atoms with E-state index in [4.69, 9.17) is 16.3 Å². The van der Waals surface area contributed by atoms with Gasteiger partial charge in [0.15, 0.2) is 0 Å². The molecule has 3 nitrogen and oxygen atoms in total. The molecule has 0 unspecified atom stereocenters. The molecule has 0 aromatic heterocycles. The van der Waals surface area contributed by atoms with Crippen LogP contribution in [0.25, 0.3) is 0 Å². The largest absolute Gasteiger partial charge is 0.377 e. The van der Waals surface area contributed by atoms with E-state index in [9.17, 15) is 4.79 Å². The highest BCUT2D eigenvalue weighted by molar-refractivity contribution is 6.17. The number of nitrogens with one attached hydrogen (secondary N) is 1. The van der Waals surface area contributed by atoms with Crippen LogP contribution in [0.15, 0.2) is 48.5 Å². The summed E-state index contributed by atoms with van der Waals surface area (Å²) in [5.74, 6) is 0.305. The molecule has 0 saturated carbocycles. The first kappa shape index (κ1) is 15.5. The summed E-state index contributed by atoms with van der Waals surface area (Å²) in [6.45, 7) is 3.07. The van der Waals surface area contributed by atoms with Crippen molar-refractivity contribution in [1.82, 2.24) is 0 Å². The molecule has 110 valence electrons. The Morgan fingerprint density at radius 1 is 1.14 bits per heavy atom. The first-order valence-electron chi connectivity index (χ1n) is 6.86. The van der Waals surface area contributed by atoms with Crippen LogP contribution in [-0.2, 0) is 17.2 Å². The van der Waals surface area contributed by atoms with Crippen LogP contribution in [0.3, 0.4) is 0 Å². The summed E-state index contributed by atoms with van der Waals surface area (Å²) in [6, 6.07) is 14.9. The first-order valence-corrected chi connectivity index (χ1v) is 7.40. The second-order valence-electron chi connectivity index (χ2n) is 4.58. The lowest BCUT2D eigenvalue weighted by Crippen LogP contribution is -2.13. The topological polar surface area (TPSA) is 38.3 Å². The van der Waals surface area contributed by atoms with Crippen LogP contribution in [-0.4, -0.2) is 12.5 Å². The van der Waals surface area contributed by atoms with Crippen LogP contribution in [0.4, 0.5) is 5.69 Å². The minimum Gasteiger partial charge on any atom is -0.377 e. The van der Waals surface area contributed by atoms with Gasteiger partial charge in [-0.2, -0.15) is 0 Å². The molecule has 2 aromatic rings. The number of halogens is 1. The number of amides is 1. The SMILES string of the molecule is CCOCc1ccccc1NC(=O)c1ccc(CCl)cc1. The monoisotopic (exact) mass is 303 g/mol. The maximum absolute atomic E-state index is 12.3. The summed E-state index contributed by atoms with van der Waals surface area (Å²) in [4.78, 5) is 12.3. The Balaban J connectivity index is 2.11. The Morgan fingerprint density at radius 3 is 2.52 bits per heavy atom. The van der Waals surface area contributed by atoms with Crippen molar-refractivity contribution in [3.05, 3.63) is 65.2 Å². The average molecular weight is 304 g/mol. The van der Waals surface area contributed by atoms with Gasteiger partial charge in [-0.15, -0.1) is 11.6 Å². The number of benzene rings is 2. The molecular weight excluding hydrogens is 286 g/mol. The van der Waals surface area contributed by atoms with Crippen LogP contribution < -0.4 is 5.32 Å². The van der Waals surface area contributed by atoms with Gasteiger partial charge in [0.25, 0.3) is 5.91 Å². The summed E-state index contributed by atoms with van der Waals surface area (Å²) >= 11 is 5.74. The molecule has 2 rings (SSSR count). The molecule has 0 spiro atoms. The standard InChI is InChI=1S/C17H18ClNO2/c1-2-21-12-15-5-3-4-6-16(15)19-17(20)14-9-7-13(11-18)8-10-14/h3-10H,2,11-12H2,1H3,(H,19,20).